The summed E-state index contributed by atoms with van der Waals surface area (Å²) in [7, 11) is 0. The quantitative estimate of drug-likeness (QED) is 0.792. The number of nitrogens with zero attached hydrogens (tertiary/aromatic N) is 1. The zero-order valence-corrected chi connectivity index (χ0v) is 12.7. The summed E-state index contributed by atoms with van der Waals surface area (Å²) < 4.78 is 26.6. The summed E-state index contributed by atoms with van der Waals surface area (Å²) in [5.41, 5.74) is 5.61. The van der Waals surface area contributed by atoms with Crippen LogP contribution in [0.4, 0.5) is 13.6 Å². The second-order valence-corrected chi connectivity index (χ2v) is 5.87. The van der Waals surface area contributed by atoms with Gasteiger partial charge >= 0.3 is 6.03 Å². The first-order valence-corrected chi connectivity index (χ1v) is 7.74. The maximum Gasteiger partial charge on any atom is 0.312 e. The van der Waals surface area contributed by atoms with Gasteiger partial charge in [0.1, 0.15) is 11.6 Å². The monoisotopic (exact) mass is 311 g/mol. The van der Waals surface area contributed by atoms with Crippen molar-refractivity contribution in [1.82, 2.24) is 10.2 Å². The van der Waals surface area contributed by atoms with Crippen LogP contribution in [0.2, 0.25) is 0 Å². The van der Waals surface area contributed by atoms with E-state index in [1.807, 2.05) is 0 Å². The lowest BCUT2D eigenvalue weighted by atomic mass is 9.90. The molecule has 0 bridgehead atoms. The van der Waals surface area contributed by atoms with E-state index in [-0.39, 0.29) is 0 Å². The van der Waals surface area contributed by atoms with Gasteiger partial charge in [-0.3, -0.25) is 0 Å². The number of likely N-dealkylation sites (tertiary alicyclic amines) is 1. The second kappa shape index (κ2) is 8.08. The molecule has 22 heavy (non-hydrogen) atoms. The van der Waals surface area contributed by atoms with Crippen LogP contribution in [0.1, 0.15) is 24.8 Å². The molecular weight excluding hydrogens is 288 g/mol. The molecule has 2 amide bonds. The Morgan fingerprint density at radius 1 is 1.32 bits per heavy atom. The number of nitrogens with two attached hydrogens (primary N) is 1. The van der Waals surface area contributed by atoms with Gasteiger partial charge in [-0.2, -0.15) is 0 Å². The Kier molecular flexibility index (Phi) is 6.12. The zero-order valence-electron chi connectivity index (χ0n) is 12.7. The number of urea groups is 1. The fourth-order valence-corrected chi connectivity index (χ4v) is 2.93. The molecule has 1 aromatic carbocycles. The highest BCUT2D eigenvalue weighted by Crippen LogP contribution is 2.23. The van der Waals surface area contributed by atoms with Gasteiger partial charge in [-0.1, -0.05) is 6.07 Å². The molecule has 0 aliphatic carbocycles. The Bertz CT molecular complexity index is 502. The van der Waals surface area contributed by atoms with E-state index >= 15 is 0 Å². The zero-order chi connectivity index (χ0) is 15.9. The number of carbonyl (C=O) groups is 1. The molecule has 1 saturated heterocycles. The fourth-order valence-electron chi connectivity index (χ4n) is 2.93. The number of nitrogens with one attached hydrogen (secondary N) is 1. The van der Waals surface area contributed by atoms with Gasteiger partial charge in [0.15, 0.2) is 0 Å². The average molecular weight is 311 g/mol. The third-order valence-corrected chi connectivity index (χ3v) is 4.18. The van der Waals surface area contributed by atoms with Crippen LogP contribution < -0.4 is 11.1 Å². The van der Waals surface area contributed by atoms with Crippen molar-refractivity contribution in [2.24, 2.45) is 11.7 Å². The smallest absolute Gasteiger partial charge is 0.312 e. The van der Waals surface area contributed by atoms with Gasteiger partial charge in [0.2, 0.25) is 0 Å². The van der Waals surface area contributed by atoms with Crippen molar-refractivity contribution in [3.05, 3.63) is 35.4 Å². The molecule has 122 valence electrons. The van der Waals surface area contributed by atoms with Crippen molar-refractivity contribution in [1.29, 1.82) is 0 Å². The molecule has 1 aromatic rings. The molecule has 0 radical (unpaired) electrons. The number of halogens is 2. The first-order valence-electron chi connectivity index (χ1n) is 7.74. The van der Waals surface area contributed by atoms with Crippen molar-refractivity contribution in [3.63, 3.8) is 0 Å². The highest BCUT2D eigenvalue weighted by Gasteiger charge is 2.20. The Labute approximate surface area is 129 Å². The molecule has 6 heteroatoms. The van der Waals surface area contributed by atoms with Crippen molar-refractivity contribution in [2.45, 2.75) is 25.7 Å². The molecule has 0 unspecified atom stereocenters. The minimum atomic E-state index is -0.527. The van der Waals surface area contributed by atoms with E-state index in [2.05, 4.69) is 10.2 Å². The van der Waals surface area contributed by atoms with E-state index in [0.717, 1.165) is 45.0 Å². The molecule has 0 aromatic heterocycles. The normalized spacial score (nSPS) is 16.6. The number of amides is 2. The van der Waals surface area contributed by atoms with Crippen molar-refractivity contribution in [3.8, 4) is 0 Å². The van der Waals surface area contributed by atoms with Crippen molar-refractivity contribution >= 4 is 6.03 Å². The molecule has 2 rings (SSSR count). The van der Waals surface area contributed by atoms with E-state index in [0.29, 0.717) is 24.4 Å². The number of hydrogen-bond donors (Lipinski definition) is 2. The summed E-state index contributed by atoms with van der Waals surface area (Å²) in [6.07, 6.45) is 3.57. The Morgan fingerprint density at radius 2 is 2.05 bits per heavy atom. The minimum Gasteiger partial charge on any atom is -0.352 e. The number of piperidine rings is 1. The third kappa shape index (κ3) is 5.26. The SMILES string of the molecule is NC(=O)NCCCN1CCC(Cc2ccc(F)cc2F)CC1. The third-order valence-electron chi connectivity index (χ3n) is 4.18. The molecule has 0 atom stereocenters. The first-order chi connectivity index (χ1) is 10.5. The van der Waals surface area contributed by atoms with Gasteiger partial charge in [0.25, 0.3) is 0 Å². The molecule has 1 aliphatic rings. The minimum absolute atomic E-state index is 0.444. The highest BCUT2D eigenvalue weighted by molar-refractivity contribution is 5.71. The molecule has 1 aliphatic heterocycles. The predicted octanol–water partition coefficient (Wildman–Crippen LogP) is 2.28. The van der Waals surface area contributed by atoms with Gasteiger partial charge in [0, 0.05) is 12.6 Å². The lowest BCUT2D eigenvalue weighted by molar-refractivity contribution is 0.181. The second-order valence-electron chi connectivity index (χ2n) is 5.87. The Balaban J connectivity index is 1.69. The van der Waals surface area contributed by atoms with Gasteiger partial charge in [-0.25, -0.2) is 13.6 Å². The highest BCUT2D eigenvalue weighted by atomic mass is 19.1. The topological polar surface area (TPSA) is 58.4 Å². The van der Waals surface area contributed by atoms with Crippen molar-refractivity contribution < 1.29 is 13.6 Å². The Morgan fingerprint density at radius 3 is 2.68 bits per heavy atom. The van der Waals surface area contributed by atoms with E-state index in [1.165, 1.54) is 6.07 Å². The first kappa shape index (κ1) is 16.7. The van der Waals surface area contributed by atoms with Gasteiger partial charge in [-0.15, -0.1) is 0 Å². The van der Waals surface area contributed by atoms with Crippen LogP contribution in [-0.2, 0) is 6.42 Å². The molecular formula is C16H23F2N3O. The number of carbonyl (C=O) groups excluding carboxylic acids is 1. The number of hydrogen-bond acceptors (Lipinski definition) is 2. The summed E-state index contributed by atoms with van der Waals surface area (Å²) in [5.74, 6) is -0.527. The maximum absolute atomic E-state index is 13.7. The van der Waals surface area contributed by atoms with Crippen molar-refractivity contribution in [2.75, 3.05) is 26.2 Å². The van der Waals surface area contributed by atoms with Crippen LogP contribution in [-0.4, -0.2) is 37.1 Å². The predicted molar refractivity (Wildman–Crippen MR) is 81.4 cm³/mol. The van der Waals surface area contributed by atoms with Crippen LogP contribution in [0.5, 0.6) is 0 Å². The van der Waals surface area contributed by atoms with E-state index in [1.54, 1.807) is 6.07 Å². The molecule has 0 saturated carbocycles. The summed E-state index contributed by atoms with van der Waals surface area (Å²) in [6.45, 7) is 3.47. The molecule has 0 spiro atoms. The lowest BCUT2D eigenvalue weighted by Crippen LogP contribution is -2.37. The maximum atomic E-state index is 13.7. The van der Waals surface area contributed by atoms with Crippen LogP contribution in [0.25, 0.3) is 0 Å². The summed E-state index contributed by atoms with van der Waals surface area (Å²) >= 11 is 0. The van der Waals surface area contributed by atoms with Crippen LogP contribution in [0.3, 0.4) is 0 Å². The summed E-state index contributed by atoms with van der Waals surface area (Å²) in [5, 5.41) is 2.58. The lowest BCUT2D eigenvalue weighted by Gasteiger charge is -2.32. The van der Waals surface area contributed by atoms with E-state index < -0.39 is 17.7 Å². The van der Waals surface area contributed by atoms with Gasteiger partial charge in [0.05, 0.1) is 0 Å². The van der Waals surface area contributed by atoms with Gasteiger partial charge < -0.3 is 16.0 Å². The van der Waals surface area contributed by atoms with Gasteiger partial charge in [-0.05, 0) is 62.9 Å². The largest absolute Gasteiger partial charge is 0.352 e. The van der Waals surface area contributed by atoms with Crippen LogP contribution >= 0.6 is 0 Å². The molecule has 4 nitrogen and oxygen atoms in total. The summed E-state index contributed by atoms with van der Waals surface area (Å²) in [6, 6.07) is 3.34. The van der Waals surface area contributed by atoms with Crippen LogP contribution in [0, 0.1) is 17.6 Å². The number of benzene rings is 1. The Hall–Kier alpha value is -1.69. The fraction of sp³-hybridized carbons (Fsp3) is 0.562. The van der Waals surface area contributed by atoms with E-state index in [9.17, 15) is 13.6 Å². The average Bonchev–Trinajstić information content (AvgIpc) is 2.48. The standard InChI is InChI=1S/C16H23F2N3O/c17-14-3-2-13(15(18)11-14)10-12-4-8-21(9-5-12)7-1-6-20-16(19)22/h2-3,11-12H,1,4-10H2,(H3,19,20,22). The number of primary amides is 1. The molecule has 1 heterocycles. The molecule has 3 N–H and O–H groups in total. The number of rotatable bonds is 6. The molecule has 1 fully saturated rings. The summed E-state index contributed by atoms with van der Waals surface area (Å²) in [4.78, 5) is 12.9. The van der Waals surface area contributed by atoms with E-state index in [4.69, 9.17) is 5.73 Å². The van der Waals surface area contributed by atoms with Crippen LogP contribution in [0.15, 0.2) is 18.2 Å².